The van der Waals surface area contributed by atoms with Crippen molar-refractivity contribution in [2.75, 3.05) is 5.32 Å². The number of nitro benzene ring substituents is 1. The highest BCUT2D eigenvalue weighted by atomic mass is 32.2. The van der Waals surface area contributed by atoms with E-state index in [9.17, 15) is 14.9 Å². The number of aryl methyl sites for hydroxylation is 3. The highest BCUT2D eigenvalue weighted by molar-refractivity contribution is 8.00. The number of thioether (sulfide) groups is 1. The Bertz CT molecular complexity index is 1050. The molecule has 2 aromatic heterocycles. The Balaban J connectivity index is 1.86. The lowest BCUT2D eigenvalue weighted by atomic mass is 10.2. The van der Waals surface area contributed by atoms with Crippen LogP contribution in [0, 0.1) is 30.9 Å². The number of amides is 1. The summed E-state index contributed by atoms with van der Waals surface area (Å²) in [6, 6.07) is 6.10. The van der Waals surface area contributed by atoms with Gasteiger partial charge in [0, 0.05) is 16.3 Å². The number of hydrogen-bond acceptors (Lipinski definition) is 7. The molecule has 140 valence electrons. The van der Waals surface area contributed by atoms with Crippen LogP contribution in [-0.4, -0.2) is 26.0 Å². The Morgan fingerprint density at radius 1 is 1.26 bits per heavy atom. The van der Waals surface area contributed by atoms with Crippen LogP contribution in [0.5, 0.6) is 0 Å². The third kappa shape index (κ3) is 3.93. The van der Waals surface area contributed by atoms with Gasteiger partial charge in [-0.15, -0.1) is 11.3 Å². The average Bonchev–Trinajstić information content (AvgIpc) is 2.89. The Morgan fingerprint density at radius 2 is 1.96 bits per heavy atom. The van der Waals surface area contributed by atoms with E-state index in [2.05, 4.69) is 15.3 Å². The van der Waals surface area contributed by atoms with E-state index in [0.717, 1.165) is 20.8 Å². The number of thiophene rings is 1. The summed E-state index contributed by atoms with van der Waals surface area (Å²) in [6.07, 6.45) is 0. The van der Waals surface area contributed by atoms with Crippen molar-refractivity contribution in [3.8, 4) is 0 Å². The van der Waals surface area contributed by atoms with Crippen LogP contribution < -0.4 is 5.32 Å². The van der Waals surface area contributed by atoms with Crippen molar-refractivity contribution >= 4 is 50.6 Å². The average molecular weight is 403 g/mol. The maximum Gasteiger partial charge on any atom is 0.292 e. The first kappa shape index (κ1) is 19.2. The minimum Gasteiger partial charge on any atom is -0.319 e. The molecule has 1 aromatic carbocycles. The van der Waals surface area contributed by atoms with E-state index in [0.29, 0.717) is 5.82 Å². The number of carbonyl (C=O) groups is 1. The number of benzene rings is 1. The molecule has 1 N–H and O–H groups in total. The molecule has 9 heteroatoms. The second-order valence-corrected chi connectivity index (χ2v) is 8.60. The van der Waals surface area contributed by atoms with Crippen molar-refractivity contribution in [1.29, 1.82) is 0 Å². The van der Waals surface area contributed by atoms with Crippen LogP contribution in [0.3, 0.4) is 0 Å². The fourth-order valence-electron chi connectivity index (χ4n) is 2.59. The molecule has 0 fully saturated rings. The van der Waals surface area contributed by atoms with Crippen LogP contribution in [0.15, 0.2) is 29.3 Å². The summed E-state index contributed by atoms with van der Waals surface area (Å²) in [5, 5.41) is 15.0. The van der Waals surface area contributed by atoms with Crippen molar-refractivity contribution in [2.24, 2.45) is 0 Å². The first-order valence-corrected chi connectivity index (χ1v) is 9.92. The summed E-state index contributed by atoms with van der Waals surface area (Å²) < 4.78 is 0. The Kier molecular flexibility index (Phi) is 5.43. The number of hydrogen-bond donors (Lipinski definition) is 1. The van der Waals surface area contributed by atoms with Crippen LogP contribution in [0.1, 0.15) is 23.2 Å². The molecular formula is C18H18N4O3S2. The molecule has 0 unspecified atom stereocenters. The van der Waals surface area contributed by atoms with Gasteiger partial charge in [0.15, 0.2) is 0 Å². The zero-order valence-electron chi connectivity index (χ0n) is 15.3. The van der Waals surface area contributed by atoms with Crippen LogP contribution in [0.2, 0.25) is 0 Å². The third-order valence-electron chi connectivity index (χ3n) is 4.12. The Hall–Kier alpha value is -2.52. The Labute approximate surface area is 164 Å². The molecule has 1 amide bonds. The predicted octanol–water partition coefficient (Wildman–Crippen LogP) is 4.64. The maximum absolute atomic E-state index is 12.6. The third-order valence-corrected chi connectivity index (χ3v) is 6.31. The predicted molar refractivity (Wildman–Crippen MR) is 109 cm³/mol. The van der Waals surface area contributed by atoms with E-state index < -0.39 is 10.2 Å². The summed E-state index contributed by atoms with van der Waals surface area (Å²) >= 11 is 2.94. The van der Waals surface area contributed by atoms with E-state index in [1.807, 2.05) is 20.8 Å². The van der Waals surface area contributed by atoms with Crippen LogP contribution >= 0.6 is 23.1 Å². The number of nitrogens with zero attached hydrogens (tertiary/aromatic N) is 3. The molecule has 7 nitrogen and oxygen atoms in total. The molecule has 3 aromatic rings. The van der Waals surface area contributed by atoms with Gasteiger partial charge in [0.05, 0.1) is 10.2 Å². The fourth-order valence-corrected chi connectivity index (χ4v) is 4.79. The molecular weight excluding hydrogens is 384 g/mol. The van der Waals surface area contributed by atoms with Gasteiger partial charge < -0.3 is 5.32 Å². The number of anilines is 1. The first-order valence-electron chi connectivity index (χ1n) is 8.23. The van der Waals surface area contributed by atoms with Gasteiger partial charge in [-0.3, -0.25) is 14.9 Å². The minimum absolute atomic E-state index is 0.132. The minimum atomic E-state index is -0.512. The van der Waals surface area contributed by atoms with E-state index in [1.165, 1.54) is 28.8 Å². The molecule has 0 saturated heterocycles. The maximum atomic E-state index is 12.6. The number of rotatable bonds is 5. The number of aromatic nitrogens is 2. The van der Waals surface area contributed by atoms with Crippen molar-refractivity contribution in [2.45, 2.75) is 38.0 Å². The second kappa shape index (κ2) is 7.61. The highest BCUT2D eigenvalue weighted by Gasteiger charge is 2.22. The van der Waals surface area contributed by atoms with Crippen LogP contribution in [0.25, 0.3) is 10.2 Å². The van der Waals surface area contributed by atoms with E-state index in [1.54, 1.807) is 30.4 Å². The number of nitro groups is 1. The summed E-state index contributed by atoms with van der Waals surface area (Å²) in [5.41, 5.74) is 1.17. The van der Waals surface area contributed by atoms with Gasteiger partial charge in [-0.2, -0.15) is 0 Å². The summed E-state index contributed by atoms with van der Waals surface area (Å²) in [5.74, 6) is 0.334. The van der Waals surface area contributed by atoms with E-state index in [-0.39, 0.29) is 17.3 Å². The van der Waals surface area contributed by atoms with Gasteiger partial charge in [0.25, 0.3) is 5.69 Å². The molecule has 1 atom stereocenters. The molecule has 27 heavy (non-hydrogen) atoms. The van der Waals surface area contributed by atoms with Crippen LogP contribution in [-0.2, 0) is 4.79 Å². The second-order valence-electron chi connectivity index (χ2n) is 6.06. The fraction of sp³-hybridized carbons (Fsp3) is 0.278. The molecule has 3 rings (SSSR count). The summed E-state index contributed by atoms with van der Waals surface area (Å²) in [4.78, 5) is 34.3. The molecule has 0 bridgehead atoms. The van der Waals surface area contributed by atoms with Crippen LogP contribution in [0.4, 0.5) is 11.4 Å². The molecule has 0 aliphatic carbocycles. The number of carbonyl (C=O) groups excluding carboxylic acids is 1. The quantitative estimate of drug-likeness (QED) is 0.289. The van der Waals surface area contributed by atoms with Crippen molar-refractivity contribution in [3.63, 3.8) is 0 Å². The molecule has 0 saturated carbocycles. The lowest BCUT2D eigenvalue weighted by molar-refractivity contribution is -0.383. The van der Waals surface area contributed by atoms with Gasteiger partial charge in [-0.1, -0.05) is 23.9 Å². The number of nitrogens with one attached hydrogen (secondary N) is 1. The lowest BCUT2D eigenvalue weighted by Crippen LogP contribution is -2.23. The standard InChI is InChI=1S/C18H18N4O3S2/c1-9-10(2)26-17-15(9)18(20-12(4)19-17)27-11(3)16(23)21-13-7-5-6-8-14(13)22(24)25/h5-8,11H,1-4H3,(H,21,23)/t11-/m0/s1. The topological polar surface area (TPSA) is 98.0 Å². The lowest BCUT2D eigenvalue weighted by Gasteiger charge is -2.13. The van der Waals surface area contributed by atoms with Gasteiger partial charge >= 0.3 is 0 Å². The SMILES string of the molecule is Cc1nc(S[C@@H](C)C(=O)Nc2ccccc2[N+](=O)[O-])c2c(C)c(C)sc2n1. The van der Waals surface area contributed by atoms with Gasteiger partial charge in [0.1, 0.15) is 21.4 Å². The van der Waals surface area contributed by atoms with E-state index in [4.69, 9.17) is 0 Å². The van der Waals surface area contributed by atoms with Gasteiger partial charge in [0.2, 0.25) is 5.91 Å². The van der Waals surface area contributed by atoms with Gasteiger partial charge in [-0.05, 0) is 39.3 Å². The Morgan fingerprint density at radius 3 is 2.67 bits per heavy atom. The first-order chi connectivity index (χ1) is 12.8. The molecule has 2 heterocycles. The van der Waals surface area contributed by atoms with Crippen molar-refractivity contribution < 1.29 is 9.72 Å². The van der Waals surface area contributed by atoms with Gasteiger partial charge in [-0.25, -0.2) is 9.97 Å². The smallest absolute Gasteiger partial charge is 0.292 e. The highest BCUT2D eigenvalue weighted by Crippen LogP contribution is 2.37. The number of fused-ring (bicyclic) bond motifs is 1. The van der Waals surface area contributed by atoms with E-state index >= 15 is 0 Å². The normalized spacial score (nSPS) is 12.1. The zero-order chi connectivity index (χ0) is 19.7. The summed E-state index contributed by atoms with van der Waals surface area (Å²) in [6.45, 7) is 7.64. The molecule has 0 spiro atoms. The largest absolute Gasteiger partial charge is 0.319 e. The number of para-hydroxylation sites is 2. The molecule has 0 aliphatic rings. The molecule has 0 aliphatic heterocycles. The van der Waals surface area contributed by atoms with Crippen molar-refractivity contribution in [1.82, 2.24) is 9.97 Å². The zero-order valence-corrected chi connectivity index (χ0v) is 16.9. The summed E-state index contributed by atoms with van der Waals surface area (Å²) in [7, 11) is 0. The van der Waals surface area contributed by atoms with Crippen molar-refractivity contribution in [3.05, 3.63) is 50.6 Å². The monoisotopic (exact) mass is 402 g/mol. The molecule has 0 radical (unpaired) electrons.